The lowest BCUT2D eigenvalue weighted by molar-refractivity contribution is 0.0991. The van der Waals surface area contributed by atoms with Gasteiger partial charge in [0, 0.05) is 52.9 Å². The Morgan fingerprint density at radius 1 is 0.980 bits per heavy atom. The monoisotopic (exact) mass is 737 g/mol. The number of carbonyl (C=O) groups excluding carboxylic acids is 2. The molecule has 2 heterocycles. The summed E-state index contributed by atoms with van der Waals surface area (Å²) in [7, 11) is -7.23. The van der Waals surface area contributed by atoms with Gasteiger partial charge in [-0.1, -0.05) is 58.9 Å². The Labute approximate surface area is 301 Å². The minimum absolute atomic E-state index is 0.0601. The first kappa shape index (κ1) is 41.1. The molecule has 1 atom stereocenters. The van der Waals surface area contributed by atoms with Crippen molar-refractivity contribution in [3.8, 4) is 11.8 Å². The van der Waals surface area contributed by atoms with Gasteiger partial charge in [-0.25, -0.2) is 4.21 Å². The van der Waals surface area contributed by atoms with E-state index in [9.17, 15) is 18.6 Å². The summed E-state index contributed by atoms with van der Waals surface area (Å²) in [6.45, 7) is 21.3. The minimum Gasteiger partial charge on any atom is -0.459 e. The number of nitrogens with zero attached hydrogens (tertiary/aromatic N) is 2. The molecule has 2 amide bonds. The first-order chi connectivity index (χ1) is 23.1. The highest BCUT2D eigenvalue weighted by atomic mass is 32.2. The molecule has 2 N–H and O–H groups in total. The van der Waals surface area contributed by atoms with Crippen LogP contribution in [-0.2, 0) is 14.2 Å². The molecule has 0 fully saturated rings. The Bertz CT molecular complexity index is 1790. The maximum Gasteiger partial charge on any atom is 0.291 e. The van der Waals surface area contributed by atoms with Gasteiger partial charge in [-0.3, -0.25) is 14.6 Å². The third-order valence-corrected chi connectivity index (χ3v) is 20.3. The zero-order chi connectivity index (χ0) is 37.4. The minimum atomic E-state index is -2.89. The Morgan fingerprint density at radius 2 is 1.66 bits per heavy atom. The molecule has 0 bridgehead atoms. The van der Waals surface area contributed by atoms with Crippen LogP contribution in [0.25, 0.3) is 0 Å². The summed E-state index contributed by atoms with van der Waals surface area (Å²) in [5, 5.41) is 2.70. The Balaban J connectivity index is 1.77. The summed E-state index contributed by atoms with van der Waals surface area (Å²) in [5.74, 6) is 5.96. The average molecular weight is 738 g/mol. The Kier molecular flexibility index (Phi) is 13.8. The second kappa shape index (κ2) is 16.8. The van der Waals surface area contributed by atoms with Crippen molar-refractivity contribution in [1.29, 1.82) is 0 Å². The van der Waals surface area contributed by atoms with Crippen molar-refractivity contribution in [2.24, 2.45) is 4.36 Å². The fraction of sp³-hybridized carbons (Fsp3) is 0.500. The summed E-state index contributed by atoms with van der Waals surface area (Å²) in [4.78, 5) is 40.9. The zero-order valence-electron chi connectivity index (χ0n) is 31.4. The number of rotatable bonds is 14. The molecule has 0 aliphatic rings. The lowest BCUT2D eigenvalue weighted by Crippen LogP contribution is -2.41. The molecule has 9 nitrogen and oxygen atoms in total. The van der Waals surface area contributed by atoms with E-state index in [1.165, 1.54) is 12.5 Å². The van der Waals surface area contributed by atoms with E-state index >= 15 is 0 Å². The number of aromatic nitrogens is 1. The van der Waals surface area contributed by atoms with Crippen molar-refractivity contribution in [1.82, 2.24) is 4.98 Å². The smallest absolute Gasteiger partial charge is 0.291 e. The molecule has 1 aromatic carbocycles. The summed E-state index contributed by atoms with van der Waals surface area (Å²) in [6.07, 6.45) is 7.21. The van der Waals surface area contributed by atoms with Gasteiger partial charge in [-0.15, -0.1) is 0 Å². The molecule has 0 aliphatic heterocycles. The van der Waals surface area contributed by atoms with Gasteiger partial charge in [0.2, 0.25) is 0 Å². The molecule has 0 aliphatic carbocycles. The molecule has 0 saturated heterocycles. The predicted octanol–water partition coefficient (Wildman–Crippen LogP) is 8.80. The van der Waals surface area contributed by atoms with Crippen LogP contribution >= 0.6 is 0 Å². The van der Waals surface area contributed by atoms with Gasteiger partial charge < -0.3 is 19.0 Å². The molecule has 12 heteroatoms. The lowest BCUT2D eigenvalue weighted by Gasteiger charge is -2.36. The van der Waals surface area contributed by atoms with E-state index in [-0.39, 0.29) is 33.1 Å². The number of amides is 2. The molecule has 2 aromatic heterocycles. The number of hydrogen-bond acceptors (Lipinski definition) is 7. The van der Waals surface area contributed by atoms with Crippen LogP contribution in [0.5, 0.6) is 0 Å². The number of unbranched alkanes of at least 4 members (excludes halogenated alkanes) is 1. The van der Waals surface area contributed by atoms with Crippen molar-refractivity contribution in [3.63, 3.8) is 0 Å². The van der Waals surface area contributed by atoms with Crippen molar-refractivity contribution >= 4 is 43.9 Å². The number of benzene rings is 1. The van der Waals surface area contributed by atoms with Crippen LogP contribution in [0.15, 0.2) is 63.8 Å². The van der Waals surface area contributed by atoms with Gasteiger partial charge in [0.05, 0.1) is 21.6 Å². The van der Waals surface area contributed by atoms with Crippen LogP contribution in [0.4, 0.5) is 5.69 Å². The second-order valence-electron chi connectivity index (χ2n) is 15.6. The topological polar surface area (TPSA) is 131 Å². The van der Waals surface area contributed by atoms with Crippen LogP contribution in [0, 0.1) is 18.8 Å². The first-order valence-electron chi connectivity index (χ1n) is 17.2. The number of pyridine rings is 1. The second-order valence-corrected chi connectivity index (χ2v) is 27.4. The third kappa shape index (κ3) is 11.9. The maximum atomic E-state index is 14.3. The van der Waals surface area contributed by atoms with Crippen molar-refractivity contribution in [3.05, 3.63) is 83.1 Å². The van der Waals surface area contributed by atoms with E-state index in [1.807, 2.05) is 19.2 Å². The molecule has 0 radical (unpaired) electrons. The molecule has 0 spiro atoms. The van der Waals surface area contributed by atoms with Gasteiger partial charge in [0.15, 0.2) is 22.4 Å². The quantitative estimate of drug-likeness (QED) is 0.0961. The van der Waals surface area contributed by atoms with E-state index in [0.717, 1.165) is 18.4 Å². The van der Waals surface area contributed by atoms with Crippen LogP contribution < -0.4 is 5.32 Å². The van der Waals surface area contributed by atoms with Crippen LogP contribution in [-0.4, -0.2) is 60.6 Å². The summed E-state index contributed by atoms with van der Waals surface area (Å²) in [6, 6.07) is 10.4. The molecule has 3 rings (SSSR count). The SMILES string of the molecule is Cc1ccoc1C(=O)Nc1cccc(C#Cc2cncc(C(=O)N=S(=O)(CCCCC(C)(C)[Si](C)(C)O)CCCO[Si](C)(C)C(C)(C)C)c2)c1. The largest absolute Gasteiger partial charge is 0.459 e. The van der Waals surface area contributed by atoms with E-state index < -0.39 is 32.3 Å². The first-order valence-corrected chi connectivity index (χ1v) is 24.9. The van der Waals surface area contributed by atoms with Gasteiger partial charge in [0.25, 0.3) is 11.8 Å². The average Bonchev–Trinajstić information content (AvgIpc) is 3.46. The van der Waals surface area contributed by atoms with Gasteiger partial charge in [-0.05, 0) is 92.8 Å². The highest BCUT2D eigenvalue weighted by molar-refractivity contribution is 7.93. The molecule has 1 unspecified atom stereocenters. The number of furan rings is 1. The molecule has 3 aromatic rings. The fourth-order valence-corrected chi connectivity index (χ4v) is 8.56. The highest BCUT2D eigenvalue weighted by Crippen LogP contribution is 2.40. The van der Waals surface area contributed by atoms with Crippen molar-refractivity contribution in [2.75, 3.05) is 23.4 Å². The molecular weight excluding hydrogens is 683 g/mol. The fourth-order valence-electron chi connectivity index (χ4n) is 4.66. The standard InChI is InChI=1S/C38H55N3O6SSi2/c1-29-19-22-46-34(29)36(43)40-33-16-13-15-30(26-33)17-18-31-25-32(28-39-27-31)35(42)41-48(44,23-12-11-20-38(5,6)49(7,8)45)24-14-21-47-50(9,10)37(2,3)4/h13,15-16,19,22,25-28,45H,11-12,14,20-21,23-24H2,1-10H3,(H,40,43). The zero-order valence-corrected chi connectivity index (χ0v) is 34.3. The number of carbonyl (C=O) groups is 2. The van der Waals surface area contributed by atoms with Crippen molar-refractivity contribution < 1.29 is 27.4 Å². The van der Waals surface area contributed by atoms with Crippen LogP contribution in [0.3, 0.4) is 0 Å². The van der Waals surface area contributed by atoms with Gasteiger partial charge in [0.1, 0.15) is 0 Å². The van der Waals surface area contributed by atoms with Crippen LogP contribution in [0.1, 0.15) is 97.9 Å². The molecule has 272 valence electrons. The number of nitrogens with one attached hydrogen (secondary N) is 1. The normalized spacial score (nSPS) is 13.6. The summed E-state index contributed by atoms with van der Waals surface area (Å²) < 4.78 is 30.2. The van der Waals surface area contributed by atoms with Gasteiger partial charge >= 0.3 is 0 Å². The summed E-state index contributed by atoms with van der Waals surface area (Å²) >= 11 is 0. The molecule has 0 saturated carbocycles. The number of anilines is 1. The lowest BCUT2D eigenvalue weighted by atomic mass is 10.1. The number of hydrogen-bond donors (Lipinski definition) is 2. The Morgan fingerprint density at radius 3 is 2.30 bits per heavy atom. The van der Waals surface area contributed by atoms with E-state index in [2.05, 4.69) is 74.2 Å². The molecule has 50 heavy (non-hydrogen) atoms. The summed E-state index contributed by atoms with van der Waals surface area (Å²) in [5.41, 5.74) is 2.67. The van der Waals surface area contributed by atoms with Crippen LogP contribution in [0.2, 0.25) is 36.3 Å². The highest BCUT2D eigenvalue weighted by Gasteiger charge is 2.38. The molecular formula is C38H55N3O6SSi2. The number of aryl methyl sites for hydroxylation is 1. The maximum absolute atomic E-state index is 14.3. The van der Waals surface area contributed by atoms with E-state index in [4.69, 9.17) is 8.84 Å². The Hall–Kier alpha value is -3.35. The third-order valence-electron chi connectivity index (χ3n) is 9.82. The van der Waals surface area contributed by atoms with Crippen molar-refractivity contribution in [2.45, 2.75) is 103 Å². The van der Waals surface area contributed by atoms with Gasteiger partial charge in [-0.2, -0.15) is 4.36 Å². The van der Waals surface area contributed by atoms with E-state index in [1.54, 1.807) is 43.5 Å². The predicted molar refractivity (Wildman–Crippen MR) is 208 cm³/mol. The van der Waals surface area contributed by atoms with E-state index in [0.29, 0.717) is 42.0 Å².